The van der Waals surface area contributed by atoms with E-state index in [2.05, 4.69) is 33.6 Å². The molecular weight excluding hydrogens is 447 g/mol. The molecule has 0 saturated carbocycles. The summed E-state index contributed by atoms with van der Waals surface area (Å²) in [6, 6.07) is 8.06. The van der Waals surface area contributed by atoms with Gasteiger partial charge in [-0.15, -0.1) is 35.3 Å². The van der Waals surface area contributed by atoms with Crippen LogP contribution in [0.2, 0.25) is 0 Å². The van der Waals surface area contributed by atoms with Crippen molar-refractivity contribution < 1.29 is 4.74 Å². The van der Waals surface area contributed by atoms with Crippen molar-refractivity contribution in [1.82, 2.24) is 15.6 Å². The molecule has 1 aromatic carbocycles. The Hall–Kier alpha value is -1.35. The Labute approximate surface area is 171 Å². The standard InChI is InChI=1S/C18H26N4OS.HI/c1-4-15-13-21-17(24-15)10-11-20-18(19-3)22-12-14-8-6-7-9-16(14)23-5-2;/h6-9,13H,4-5,10-12H2,1-3H3,(H2,19,20,22);1H. The van der Waals surface area contributed by atoms with Gasteiger partial charge in [0.15, 0.2) is 5.96 Å². The van der Waals surface area contributed by atoms with Crippen LogP contribution in [0, 0.1) is 0 Å². The van der Waals surface area contributed by atoms with Gasteiger partial charge in [0.1, 0.15) is 5.75 Å². The SMILES string of the molecule is CCOc1ccccc1CNC(=NC)NCCc1ncc(CC)s1.I. The lowest BCUT2D eigenvalue weighted by Gasteiger charge is -2.14. The number of hydrogen-bond donors (Lipinski definition) is 2. The molecule has 0 radical (unpaired) electrons. The van der Waals surface area contributed by atoms with Gasteiger partial charge in [-0.2, -0.15) is 0 Å². The number of guanidine groups is 1. The van der Waals surface area contributed by atoms with Crippen molar-refractivity contribution in [1.29, 1.82) is 0 Å². The minimum absolute atomic E-state index is 0. The van der Waals surface area contributed by atoms with E-state index < -0.39 is 0 Å². The zero-order valence-electron chi connectivity index (χ0n) is 15.0. The fourth-order valence-corrected chi connectivity index (χ4v) is 3.12. The Morgan fingerprint density at radius 1 is 1.24 bits per heavy atom. The molecule has 1 heterocycles. The maximum atomic E-state index is 5.65. The molecule has 0 aliphatic rings. The van der Waals surface area contributed by atoms with Crippen molar-refractivity contribution in [3.63, 3.8) is 0 Å². The van der Waals surface area contributed by atoms with Crippen LogP contribution < -0.4 is 15.4 Å². The molecule has 2 N–H and O–H groups in total. The summed E-state index contributed by atoms with van der Waals surface area (Å²) in [6.07, 6.45) is 3.92. The summed E-state index contributed by atoms with van der Waals surface area (Å²) in [5, 5.41) is 7.82. The van der Waals surface area contributed by atoms with Crippen LogP contribution in [0.3, 0.4) is 0 Å². The molecule has 0 spiro atoms. The van der Waals surface area contributed by atoms with Crippen LogP contribution in [0.1, 0.15) is 29.3 Å². The van der Waals surface area contributed by atoms with Crippen molar-refractivity contribution >= 4 is 41.3 Å². The van der Waals surface area contributed by atoms with Gasteiger partial charge in [0, 0.05) is 43.2 Å². The number of thiazole rings is 1. The number of nitrogens with one attached hydrogen (secondary N) is 2. The van der Waals surface area contributed by atoms with Crippen LogP contribution in [0.15, 0.2) is 35.5 Å². The fraction of sp³-hybridized carbons (Fsp3) is 0.444. The molecule has 0 unspecified atom stereocenters. The number of para-hydroxylation sites is 1. The zero-order chi connectivity index (χ0) is 17.2. The van der Waals surface area contributed by atoms with E-state index in [1.54, 1.807) is 18.4 Å². The number of nitrogens with zero attached hydrogens (tertiary/aromatic N) is 2. The molecule has 25 heavy (non-hydrogen) atoms. The second kappa shape index (κ2) is 12.1. The largest absolute Gasteiger partial charge is 0.494 e. The summed E-state index contributed by atoms with van der Waals surface area (Å²) < 4.78 is 5.65. The molecule has 0 atom stereocenters. The molecule has 0 bridgehead atoms. The normalized spacial score (nSPS) is 10.9. The lowest BCUT2D eigenvalue weighted by Crippen LogP contribution is -2.37. The number of halogens is 1. The third-order valence-corrected chi connectivity index (χ3v) is 4.72. The van der Waals surface area contributed by atoms with Crippen molar-refractivity contribution in [3.05, 3.63) is 45.9 Å². The Balaban J connectivity index is 0.00000312. The quantitative estimate of drug-likeness (QED) is 0.349. The van der Waals surface area contributed by atoms with Gasteiger partial charge in [0.25, 0.3) is 0 Å². The van der Waals surface area contributed by atoms with Gasteiger partial charge in [-0.1, -0.05) is 25.1 Å². The first-order valence-electron chi connectivity index (χ1n) is 8.35. The molecule has 5 nitrogen and oxygen atoms in total. The Kier molecular flexibility index (Phi) is 10.5. The van der Waals surface area contributed by atoms with Gasteiger partial charge in [-0.3, -0.25) is 4.99 Å². The van der Waals surface area contributed by atoms with Gasteiger partial charge in [-0.05, 0) is 19.4 Å². The molecule has 0 amide bonds. The lowest BCUT2D eigenvalue weighted by atomic mass is 10.2. The summed E-state index contributed by atoms with van der Waals surface area (Å²) in [7, 11) is 1.78. The van der Waals surface area contributed by atoms with Crippen LogP contribution >= 0.6 is 35.3 Å². The number of benzene rings is 1. The van der Waals surface area contributed by atoms with E-state index in [1.165, 1.54) is 4.88 Å². The van der Waals surface area contributed by atoms with E-state index in [0.29, 0.717) is 13.2 Å². The molecule has 0 fully saturated rings. The highest BCUT2D eigenvalue weighted by Crippen LogP contribution is 2.17. The Bertz CT molecular complexity index is 660. The first-order valence-corrected chi connectivity index (χ1v) is 9.17. The van der Waals surface area contributed by atoms with Crippen molar-refractivity contribution in [2.45, 2.75) is 33.2 Å². The number of hydrogen-bond acceptors (Lipinski definition) is 4. The van der Waals surface area contributed by atoms with E-state index in [4.69, 9.17) is 4.74 Å². The first kappa shape index (κ1) is 21.7. The summed E-state index contributed by atoms with van der Waals surface area (Å²) in [6.45, 7) is 6.29. The van der Waals surface area contributed by atoms with E-state index in [-0.39, 0.29) is 24.0 Å². The number of ether oxygens (including phenoxy) is 1. The van der Waals surface area contributed by atoms with Crippen LogP contribution in [0.5, 0.6) is 5.75 Å². The average Bonchev–Trinajstić information content (AvgIpc) is 3.07. The molecule has 1 aromatic heterocycles. The van der Waals surface area contributed by atoms with E-state index in [0.717, 1.165) is 41.7 Å². The highest BCUT2D eigenvalue weighted by Gasteiger charge is 2.05. The molecule has 0 saturated heterocycles. The second-order valence-electron chi connectivity index (χ2n) is 5.22. The van der Waals surface area contributed by atoms with Crippen molar-refractivity contribution in [3.8, 4) is 5.75 Å². The van der Waals surface area contributed by atoms with Crippen LogP contribution in [0.4, 0.5) is 0 Å². The van der Waals surface area contributed by atoms with E-state index >= 15 is 0 Å². The molecule has 2 aromatic rings. The minimum atomic E-state index is 0. The predicted octanol–water partition coefficient (Wildman–Crippen LogP) is 3.63. The summed E-state index contributed by atoms with van der Waals surface area (Å²) >= 11 is 1.78. The average molecular weight is 474 g/mol. The topological polar surface area (TPSA) is 58.5 Å². The number of aliphatic imine (C=N–C) groups is 1. The molecular formula is C18H27IN4OS. The summed E-state index contributed by atoms with van der Waals surface area (Å²) in [5.74, 6) is 1.70. The Morgan fingerprint density at radius 3 is 2.72 bits per heavy atom. The van der Waals surface area contributed by atoms with Crippen LogP contribution in [0.25, 0.3) is 0 Å². The Morgan fingerprint density at radius 2 is 2.04 bits per heavy atom. The molecule has 138 valence electrons. The third-order valence-electron chi connectivity index (χ3n) is 3.52. The van der Waals surface area contributed by atoms with E-state index in [1.807, 2.05) is 31.3 Å². The molecule has 0 aliphatic carbocycles. The number of aryl methyl sites for hydroxylation is 1. The van der Waals surface area contributed by atoms with E-state index in [9.17, 15) is 0 Å². The lowest BCUT2D eigenvalue weighted by molar-refractivity contribution is 0.336. The fourth-order valence-electron chi connectivity index (χ4n) is 2.26. The molecule has 7 heteroatoms. The van der Waals surface area contributed by atoms with Crippen molar-refractivity contribution in [2.75, 3.05) is 20.2 Å². The van der Waals surface area contributed by atoms with Crippen molar-refractivity contribution in [2.24, 2.45) is 4.99 Å². The predicted molar refractivity (Wildman–Crippen MR) is 116 cm³/mol. The first-order chi connectivity index (χ1) is 11.8. The highest BCUT2D eigenvalue weighted by molar-refractivity contribution is 14.0. The van der Waals surface area contributed by atoms with Gasteiger partial charge < -0.3 is 15.4 Å². The maximum Gasteiger partial charge on any atom is 0.191 e. The minimum Gasteiger partial charge on any atom is -0.494 e. The summed E-state index contributed by atoms with van der Waals surface area (Å²) in [4.78, 5) is 10.0. The molecule has 2 rings (SSSR count). The second-order valence-corrected chi connectivity index (χ2v) is 6.42. The summed E-state index contributed by atoms with van der Waals surface area (Å²) in [5.41, 5.74) is 1.12. The van der Waals surface area contributed by atoms with Gasteiger partial charge >= 0.3 is 0 Å². The van der Waals surface area contributed by atoms with Gasteiger partial charge in [0.2, 0.25) is 0 Å². The molecule has 0 aliphatic heterocycles. The monoisotopic (exact) mass is 474 g/mol. The number of aromatic nitrogens is 1. The number of rotatable bonds is 8. The third kappa shape index (κ3) is 7.19. The highest BCUT2D eigenvalue weighted by atomic mass is 127. The zero-order valence-corrected chi connectivity index (χ0v) is 18.2. The van der Waals surface area contributed by atoms with Crippen LogP contribution in [-0.2, 0) is 19.4 Å². The maximum absolute atomic E-state index is 5.65. The van der Waals surface area contributed by atoms with Gasteiger partial charge in [0.05, 0.1) is 11.6 Å². The van der Waals surface area contributed by atoms with Gasteiger partial charge in [-0.25, -0.2) is 4.98 Å². The smallest absolute Gasteiger partial charge is 0.191 e. The van der Waals surface area contributed by atoms with Crippen LogP contribution in [-0.4, -0.2) is 31.1 Å².